The topological polar surface area (TPSA) is 46.5 Å². The Labute approximate surface area is 110 Å². The highest BCUT2D eigenvalue weighted by atomic mass is 19.1. The van der Waals surface area contributed by atoms with E-state index in [9.17, 15) is 9.18 Å². The summed E-state index contributed by atoms with van der Waals surface area (Å²) in [7, 11) is 0. The molecule has 0 heterocycles. The van der Waals surface area contributed by atoms with Gasteiger partial charge in [-0.25, -0.2) is 9.18 Å². The zero-order chi connectivity index (χ0) is 13.8. The lowest BCUT2D eigenvalue weighted by molar-refractivity contribution is 0.0684. The molecule has 0 radical (unpaired) electrons. The predicted molar refractivity (Wildman–Crippen MR) is 68.8 cm³/mol. The van der Waals surface area contributed by atoms with E-state index in [2.05, 4.69) is 0 Å². The van der Waals surface area contributed by atoms with Gasteiger partial charge in [0, 0.05) is 0 Å². The van der Waals surface area contributed by atoms with E-state index in [0.717, 1.165) is 11.6 Å². The third-order valence-electron chi connectivity index (χ3n) is 2.76. The van der Waals surface area contributed by atoms with E-state index in [1.807, 2.05) is 30.3 Å². The van der Waals surface area contributed by atoms with E-state index >= 15 is 0 Å². The molecular formula is C15H13FO3. The van der Waals surface area contributed by atoms with Gasteiger partial charge in [0.05, 0.1) is 0 Å². The van der Waals surface area contributed by atoms with E-state index < -0.39 is 17.3 Å². The molecule has 1 N–H and O–H groups in total. The van der Waals surface area contributed by atoms with Crippen molar-refractivity contribution in [2.24, 2.45) is 0 Å². The van der Waals surface area contributed by atoms with Gasteiger partial charge >= 0.3 is 5.97 Å². The van der Waals surface area contributed by atoms with Crippen LogP contribution in [0.15, 0.2) is 48.5 Å². The number of carboxylic acids is 1. The molecule has 98 valence electrons. The van der Waals surface area contributed by atoms with Crippen LogP contribution in [0.4, 0.5) is 4.39 Å². The average Bonchev–Trinajstić information content (AvgIpc) is 2.39. The monoisotopic (exact) mass is 260 g/mol. The highest BCUT2D eigenvalue weighted by Gasteiger charge is 2.18. The number of halogens is 1. The molecule has 0 aliphatic rings. The van der Waals surface area contributed by atoms with Crippen LogP contribution in [0.5, 0.6) is 5.75 Å². The first-order chi connectivity index (χ1) is 9.09. The number of hydrogen-bond acceptors (Lipinski definition) is 2. The second kappa shape index (κ2) is 5.52. The van der Waals surface area contributed by atoms with E-state index in [0.29, 0.717) is 0 Å². The van der Waals surface area contributed by atoms with Crippen LogP contribution in [0.3, 0.4) is 0 Å². The van der Waals surface area contributed by atoms with Crippen molar-refractivity contribution in [3.05, 3.63) is 65.5 Å². The number of rotatable bonds is 4. The van der Waals surface area contributed by atoms with E-state index in [4.69, 9.17) is 9.84 Å². The van der Waals surface area contributed by atoms with Gasteiger partial charge in [-0.15, -0.1) is 0 Å². The molecule has 0 bridgehead atoms. The minimum absolute atomic E-state index is 0.0313. The normalized spacial score (nSPS) is 11.9. The molecule has 0 aliphatic carbocycles. The van der Waals surface area contributed by atoms with Crippen LogP contribution >= 0.6 is 0 Å². The Morgan fingerprint density at radius 3 is 2.47 bits per heavy atom. The number of benzene rings is 2. The van der Waals surface area contributed by atoms with Crippen LogP contribution < -0.4 is 4.74 Å². The van der Waals surface area contributed by atoms with Gasteiger partial charge < -0.3 is 9.84 Å². The molecule has 0 aromatic heterocycles. The van der Waals surface area contributed by atoms with Gasteiger partial charge in [-0.3, -0.25) is 0 Å². The van der Waals surface area contributed by atoms with E-state index in [1.54, 1.807) is 6.92 Å². The van der Waals surface area contributed by atoms with Crippen LogP contribution in [0.2, 0.25) is 0 Å². The summed E-state index contributed by atoms with van der Waals surface area (Å²) in [6.07, 6.45) is -0.360. The van der Waals surface area contributed by atoms with Gasteiger partial charge in [-0.1, -0.05) is 36.4 Å². The van der Waals surface area contributed by atoms with E-state index in [-0.39, 0.29) is 11.9 Å². The molecule has 0 saturated heterocycles. The minimum Gasteiger partial charge on any atom is -0.485 e. The summed E-state index contributed by atoms with van der Waals surface area (Å²) >= 11 is 0. The van der Waals surface area contributed by atoms with Crippen LogP contribution in [-0.4, -0.2) is 11.1 Å². The second-order valence-electron chi connectivity index (χ2n) is 4.09. The molecule has 0 spiro atoms. The molecule has 4 heteroatoms. The molecular weight excluding hydrogens is 247 g/mol. The lowest BCUT2D eigenvalue weighted by atomic mass is 10.1. The first-order valence-electron chi connectivity index (χ1n) is 5.83. The van der Waals surface area contributed by atoms with Crippen molar-refractivity contribution in [1.29, 1.82) is 0 Å². The van der Waals surface area contributed by atoms with Crippen molar-refractivity contribution in [2.45, 2.75) is 13.0 Å². The summed E-state index contributed by atoms with van der Waals surface area (Å²) < 4.78 is 19.0. The smallest absolute Gasteiger partial charge is 0.342 e. The average molecular weight is 260 g/mol. The van der Waals surface area contributed by atoms with Crippen molar-refractivity contribution in [3.63, 3.8) is 0 Å². The van der Waals surface area contributed by atoms with Crippen molar-refractivity contribution < 1.29 is 19.0 Å². The van der Waals surface area contributed by atoms with Gasteiger partial charge in [-0.2, -0.15) is 0 Å². The van der Waals surface area contributed by atoms with Crippen LogP contribution in [0.1, 0.15) is 28.9 Å². The predicted octanol–water partition coefficient (Wildman–Crippen LogP) is 3.66. The molecule has 1 atom stereocenters. The second-order valence-corrected chi connectivity index (χ2v) is 4.09. The zero-order valence-corrected chi connectivity index (χ0v) is 10.3. The van der Waals surface area contributed by atoms with Gasteiger partial charge in [0.2, 0.25) is 0 Å². The van der Waals surface area contributed by atoms with Gasteiger partial charge in [0.25, 0.3) is 0 Å². The Kier molecular flexibility index (Phi) is 3.80. The molecule has 2 aromatic carbocycles. The zero-order valence-electron chi connectivity index (χ0n) is 10.3. The number of aromatic carboxylic acids is 1. The number of hydrogen-bond donors (Lipinski definition) is 1. The fourth-order valence-corrected chi connectivity index (χ4v) is 1.79. The minimum atomic E-state index is -1.34. The fourth-order valence-electron chi connectivity index (χ4n) is 1.79. The van der Waals surface area contributed by atoms with Crippen molar-refractivity contribution in [3.8, 4) is 5.75 Å². The molecule has 2 rings (SSSR count). The third-order valence-corrected chi connectivity index (χ3v) is 2.76. The van der Waals surface area contributed by atoms with Crippen molar-refractivity contribution >= 4 is 5.97 Å². The maximum absolute atomic E-state index is 13.5. The molecule has 1 unspecified atom stereocenters. The van der Waals surface area contributed by atoms with Crippen molar-refractivity contribution in [1.82, 2.24) is 0 Å². The Morgan fingerprint density at radius 2 is 1.84 bits per heavy atom. The Hall–Kier alpha value is -2.36. The molecule has 19 heavy (non-hydrogen) atoms. The van der Waals surface area contributed by atoms with Gasteiger partial charge in [0.15, 0.2) is 0 Å². The van der Waals surface area contributed by atoms with Crippen LogP contribution in [-0.2, 0) is 0 Å². The van der Waals surface area contributed by atoms with Crippen molar-refractivity contribution in [2.75, 3.05) is 0 Å². The maximum Gasteiger partial charge on any atom is 0.342 e. The lowest BCUT2D eigenvalue weighted by Crippen LogP contribution is -2.09. The van der Waals surface area contributed by atoms with Gasteiger partial charge in [-0.05, 0) is 24.6 Å². The van der Waals surface area contributed by atoms with Crippen LogP contribution in [0, 0.1) is 5.82 Å². The summed E-state index contributed by atoms with van der Waals surface area (Å²) in [4.78, 5) is 11.0. The lowest BCUT2D eigenvalue weighted by Gasteiger charge is -2.16. The Morgan fingerprint density at radius 1 is 1.16 bits per heavy atom. The molecule has 0 aliphatic heterocycles. The first-order valence-corrected chi connectivity index (χ1v) is 5.83. The Balaban J connectivity index is 2.29. The highest BCUT2D eigenvalue weighted by molar-refractivity contribution is 5.91. The summed E-state index contributed by atoms with van der Waals surface area (Å²) in [5.74, 6) is -2.11. The molecule has 0 saturated carbocycles. The largest absolute Gasteiger partial charge is 0.485 e. The van der Waals surface area contributed by atoms with Crippen LogP contribution in [0.25, 0.3) is 0 Å². The maximum atomic E-state index is 13.5. The SMILES string of the molecule is CC(Oc1cccc(F)c1C(=O)O)c1ccccc1. The molecule has 0 amide bonds. The summed E-state index contributed by atoms with van der Waals surface area (Å²) in [6.45, 7) is 1.78. The molecule has 0 fully saturated rings. The Bertz CT molecular complexity index is 581. The number of carboxylic acid groups (broad SMARTS) is 1. The summed E-state index contributed by atoms with van der Waals surface area (Å²) in [5.41, 5.74) is 0.452. The summed E-state index contributed by atoms with van der Waals surface area (Å²) in [5, 5.41) is 9.01. The number of carbonyl (C=O) groups is 1. The number of ether oxygens (including phenoxy) is 1. The quantitative estimate of drug-likeness (QED) is 0.912. The summed E-state index contributed by atoms with van der Waals surface area (Å²) in [6, 6.07) is 13.3. The van der Waals surface area contributed by atoms with E-state index in [1.165, 1.54) is 12.1 Å². The molecule has 3 nitrogen and oxygen atoms in total. The molecule has 2 aromatic rings. The fraction of sp³-hybridized carbons (Fsp3) is 0.133. The first kappa shape index (κ1) is 13.1. The third kappa shape index (κ3) is 2.91. The highest BCUT2D eigenvalue weighted by Crippen LogP contribution is 2.27. The standard InChI is InChI=1S/C15H13FO3/c1-10(11-6-3-2-4-7-11)19-13-9-5-8-12(16)14(13)15(17)18/h2-10H,1H3,(H,17,18). The van der Waals surface area contributed by atoms with Gasteiger partial charge in [0.1, 0.15) is 23.2 Å².